The molecule has 1 amide bonds. The third kappa shape index (κ3) is 5.45. The molecule has 0 radical (unpaired) electrons. The second-order valence-corrected chi connectivity index (χ2v) is 7.10. The van der Waals surface area contributed by atoms with E-state index >= 15 is 0 Å². The SMILES string of the molecule is CCN(CC)Cc1cccc(NC(=O)Cc2csc(-c3ccccn3)n2)c1. The normalized spacial score (nSPS) is 10.9. The Morgan fingerprint density at radius 3 is 2.74 bits per heavy atom. The maximum atomic E-state index is 12.4. The summed E-state index contributed by atoms with van der Waals surface area (Å²) < 4.78 is 0. The first-order valence-corrected chi connectivity index (χ1v) is 10.0. The van der Waals surface area contributed by atoms with Gasteiger partial charge in [-0.25, -0.2) is 4.98 Å². The van der Waals surface area contributed by atoms with E-state index in [0.29, 0.717) is 0 Å². The number of thiazole rings is 1. The number of hydrogen-bond acceptors (Lipinski definition) is 5. The number of pyridine rings is 1. The molecule has 6 heteroatoms. The van der Waals surface area contributed by atoms with Gasteiger partial charge in [0.2, 0.25) is 5.91 Å². The molecule has 0 spiro atoms. The van der Waals surface area contributed by atoms with E-state index < -0.39 is 0 Å². The number of carbonyl (C=O) groups is 1. The van der Waals surface area contributed by atoms with E-state index in [4.69, 9.17) is 0 Å². The molecule has 2 aromatic heterocycles. The van der Waals surface area contributed by atoms with Crippen molar-refractivity contribution in [2.24, 2.45) is 0 Å². The van der Waals surface area contributed by atoms with Gasteiger partial charge in [-0.1, -0.05) is 32.0 Å². The minimum atomic E-state index is -0.0622. The zero-order valence-corrected chi connectivity index (χ0v) is 16.5. The molecule has 0 saturated heterocycles. The van der Waals surface area contributed by atoms with E-state index in [1.54, 1.807) is 6.20 Å². The molecule has 0 aliphatic rings. The van der Waals surface area contributed by atoms with Crippen molar-refractivity contribution in [3.05, 3.63) is 65.3 Å². The predicted octanol–water partition coefficient (Wildman–Crippen LogP) is 4.23. The molecule has 5 nitrogen and oxygen atoms in total. The predicted molar refractivity (Wildman–Crippen MR) is 111 cm³/mol. The lowest BCUT2D eigenvalue weighted by molar-refractivity contribution is -0.115. The third-order valence-electron chi connectivity index (χ3n) is 4.29. The first-order valence-electron chi connectivity index (χ1n) is 9.15. The Bertz CT molecular complexity index is 875. The van der Waals surface area contributed by atoms with E-state index in [0.717, 1.165) is 41.7 Å². The van der Waals surface area contributed by atoms with E-state index in [1.807, 2.05) is 41.8 Å². The molecule has 0 aliphatic carbocycles. The molecule has 3 aromatic rings. The average molecular weight is 381 g/mol. The van der Waals surface area contributed by atoms with Crippen molar-refractivity contribution < 1.29 is 4.79 Å². The van der Waals surface area contributed by atoms with Crippen LogP contribution in [0.25, 0.3) is 10.7 Å². The van der Waals surface area contributed by atoms with Gasteiger partial charge in [0.05, 0.1) is 17.8 Å². The summed E-state index contributed by atoms with van der Waals surface area (Å²) in [6.45, 7) is 7.21. The average Bonchev–Trinajstić information content (AvgIpc) is 3.15. The van der Waals surface area contributed by atoms with Gasteiger partial charge in [-0.05, 0) is 42.9 Å². The van der Waals surface area contributed by atoms with Crippen molar-refractivity contribution in [1.82, 2.24) is 14.9 Å². The van der Waals surface area contributed by atoms with E-state index in [1.165, 1.54) is 16.9 Å². The summed E-state index contributed by atoms with van der Waals surface area (Å²) >= 11 is 1.51. The fourth-order valence-electron chi connectivity index (χ4n) is 2.82. The minimum Gasteiger partial charge on any atom is -0.326 e. The maximum Gasteiger partial charge on any atom is 0.230 e. The van der Waals surface area contributed by atoms with Crippen molar-refractivity contribution in [2.45, 2.75) is 26.8 Å². The van der Waals surface area contributed by atoms with E-state index in [9.17, 15) is 4.79 Å². The highest BCUT2D eigenvalue weighted by atomic mass is 32.1. The number of rotatable bonds is 8. The molecule has 0 atom stereocenters. The zero-order chi connectivity index (χ0) is 19.1. The number of anilines is 1. The summed E-state index contributed by atoms with van der Waals surface area (Å²) in [6.07, 6.45) is 2.00. The lowest BCUT2D eigenvalue weighted by atomic mass is 10.2. The second-order valence-electron chi connectivity index (χ2n) is 6.25. The van der Waals surface area contributed by atoms with Gasteiger partial charge in [0.15, 0.2) is 0 Å². The fraction of sp³-hybridized carbons (Fsp3) is 0.286. The van der Waals surface area contributed by atoms with Gasteiger partial charge >= 0.3 is 0 Å². The molecule has 2 heterocycles. The Labute approximate surface area is 164 Å². The molecule has 0 unspecified atom stereocenters. The van der Waals surface area contributed by atoms with Crippen LogP contribution in [-0.2, 0) is 17.8 Å². The fourth-order valence-corrected chi connectivity index (χ4v) is 3.61. The van der Waals surface area contributed by atoms with Crippen molar-refractivity contribution in [2.75, 3.05) is 18.4 Å². The largest absolute Gasteiger partial charge is 0.326 e. The summed E-state index contributed by atoms with van der Waals surface area (Å²) in [5, 5.41) is 5.73. The van der Waals surface area contributed by atoms with Crippen LogP contribution in [0.4, 0.5) is 5.69 Å². The maximum absolute atomic E-state index is 12.4. The van der Waals surface area contributed by atoms with E-state index in [2.05, 4.69) is 40.1 Å². The molecule has 27 heavy (non-hydrogen) atoms. The van der Waals surface area contributed by atoms with Gasteiger partial charge < -0.3 is 5.32 Å². The molecular weight excluding hydrogens is 356 g/mol. The molecule has 1 N–H and O–H groups in total. The number of hydrogen-bond donors (Lipinski definition) is 1. The van der Waals surface area contributed by atoms with Crippen LogP contribution >= 0.6 is 11.3 Å². The summed E-state index contributed by atoms with van der Waals surface area (Å²) in [5.74, 6) is -0.0622. The van der Waals surface area contributed by atoms with Gasteiger partial charge in [0.1, 0.15) is 5.01 Å². The van der Waals surface area contributed by atoms with E-state index in [-0.39, 0.29) is 12.3 Å². The highest BCUT2D eigenvalue weighted by molar-refractivity contribution is 7.13. The van der Waals surface area contributed by atoms with Crippen molar-refractivity contribution >= 4 is 22.9 Å². The van der Waals surface area contributed by atoms with Crippen LogP contribution in [-0.4, -0.2) is 33.9 Å². The summed E-state index contributed by atoms with van der Waals surface area (Å²) in [7, 11) is 0. The summed E-state index contributed by atoms with van der Waals surface area (Å²) in [4.78, 5) is 23.6. The van der Waals surface area contributed by atoms with Gasteiger partial charge in [-0.2, -0.15) is 0 Å². The molecule has 3 rings (SSSR count). The van der Waals surface area contributed by atoms with Crippen LogP contribution in [0.2, 0.25) is 0 Å². The standard InChI is InChI=1S/C21H24N4OS/c1-3-25(4-2)14-16-8-7-9-17(12-16)23-20(26)13-18-15-27-21(24-18)19-10-5-6-11-22-19/h5-12,15H,3-4,13-14H2,1-2H3,(H,23,26). The summed E-state index contributed by atoms with van der Waals surface area (Å²) in [6, 6.07) is 13.8. The first kappa shape index (κ1) is 19.2. The monoisotopic (exact) mass is 380 g/mol. The van der Waals surface area contributed by atoms with Crippen molar-refractivity contribution in [3.63, 3.8) is 0 Å². The molecule has 0 fully saturated rings. The van der Waals surface area contributed by atoms with Crippen LogP contribution in [0.5, 0.6) is 0 Å². The topological polar surface area (TPSA) is 58.1 Å². The Balaban J connectivity index is 1.60. The van der Waals surface area contributed by atoms with Crippen molar-refractivity contribution in [1.29, 1.82) is 0 Å². The first-order chi connectivity index (χ1) is 13.2. The molecule has 1 aromatic carbocycles. The summed E-state index contributed by atoms with van der Waals surface area (Å²) in [5.41, 5.74) is 3.61. The van der Waals surface area contributed by atoms with Crippen LogP contribution in [0.1, 0.15) is 25.1 Å². The van der Waals surface area contributed by atoms with Gasteiger partial charge in [0.25, 0.3) is 0 Å². The minimum absolute atomic E-state index is 0.0622. The molecular formula is C21H24N4OS. The lowest BCUT2D eigenvalue weighted by Crippen LogP contribution is -2.22. The van der Waals surface area contributed by atoms with Crippen LogP contribution < -0.4 is 5.32 Å². The third-order valence-corrected chi connectivity index (χ3v) is 5.20. The quantitative estimate of drug-likeness (QED) is 0.635. The molecule has 0 saturated carbocycles. The number of amides is 1. The second kappa shape index (κ2) is 9.39. The number of benzene rings is 1. The van der Waals surface area contributed by atoms with Crippen LogP contribution in [0.3, 0.4) is 0 Å². The number of carbonyl (C=O) groups excluding carboxylic acids is 1. The number of aromatic nitrogens is 2. The molecule has 0 aliphatic heterocycles. The molecule has 140 valence electrons. The Morgan fingerprint density at radius 2 is 2.00 bits per heavy atom. The molecule has 0 bridgehead atoms. The Morgan fingerprint density at radius 1 is 1.15 bits per heavy atom. The lowest BCUT2D eigenvalue weighted by Gasteiger charge is -2.18. The van der Waals surface area contributed by atoms with Gasteiger partial charge in [-0.3, -0.25) is 14.7 Å². The van der Waals surface area contributed by atoms with Gasteiger partial charge in [0, 0.05) is 23.8 Å². The highest BCUT2D eigenvalue weighted by Gasteiger charge is 2.10. The number of nitrogens with one attached hydrogen (secondary N) is 1. The van der Waals surface area contributed by atoms with Gasteiger partial charge in [-0.15, -0.1) is 11.3 Å². The Hall–Kier alpha value is -2.57. The highest BCUT2D eigenvalue weighted by Crippen LogP contribution is 2.22. The zero-order valence-electron chi connectivity index (χ0n) is 15.7. The van der Waals surface area contributed by atoms with Crippen LogP contribution in [0.15, 0.2) is 54.0 Å². The Kier molecular flexibility index (Phi) is 6.68. The smallest absolute Gasteiger partial charge is 0.230 e. The van der Waals surface area contributed by atoms with Crippen LogP contribution in [0, 0.1) is 0 Å². The van der Waals surface area contributed by atoms with Crippen molar-refractivity contribution in [3.8, 4) is 10.7 Å². The number of nitrogens with zero attached hydrogens (tertiary/aromatic N) is 3.